The molecular weight excluding hydrogens is 559 g/mol. The average Bonchev–Trinajstić information content (AvgIpc) is 3.33. The summed E-state index contributed by atoms with van der Waals surface area (Å²) in [5, 5.41) is 44.9. The molecular formula is C29H34F3N3O7. The van der Waals surface area contributed by atoms with Gasteiger partial charge in [0.25, 0.3) is 5.91 Å². The number of rotatable bonds is 5. The monoisotopic (exact) mass is 593 g/mol. The van der Waals surface area contributed by atoms with Crippen molar-refractivity contribution in [1.29, 1.82) is 0 Å². The number of carbonyl (C=O) groups excluding carboxylic acids is 3. The number of aliphatic hydroxyl groups excluding tert-OH is 2. The van der Waals surface area contributed by atoms with Crippen LogP contribution >= 0.6 is 0 Å². The number of aliphatic hydroxyl groups is 3. The Morgan fingerprint density at radius 1 is 1.21 bits per heavy atom. The predicted molar refractivity (Wildman–Crippen MR) is 143 cm³/mol. The number of allylic oxidation sites excluding steroid dienone is 1. The van der Waals surface area contributed by atoms with Crippen molar-refractivity contribution in [3.8, 4) is 5.75 Å². The standard InChI is InChI=1S/C29H34F3N3O7/c1-4-7-35-8-5-6-16(35)13-11-17(36)19-14(21(13)29(30,31)32)9-12-10-15-22(34(2)3)24(38)20(27(33)41)26(40)28(15,42)25(39)18(12)23(19)37/h11-12,15-16,22,36,38-39,42H,4-10H2,1-3H3,(H2,33,41)/t12-,15-,16?,22-,28-/m0/s1. The van der Waals surface area contributed by atoms with E-state index in [1.54, 1.807) is 0 Å². The number of phenols is 1. The van der Waals surface area contributed by atoms with Gasteiger partial charge in [0.1, 0.15) is 22.8 Å². The zero-order chi connectivity index (χ0) is 31.0. The number of likely N-dealkylation sites (tertiary alicyclic amines) is 1. The number of alkyl halides is 3. The number of amides is 1. The van der Waals surface area contributed by atoms with E-state index >= 15 is 0 Å². The normalized spacial score (nSPS) is 30.1. The Hall–Kier alpha value is -3.42. The molecule has 1 heterocycles. The number of aromatic hydroxyl groups is 1. The second-order valence-corrected chi connectivity index (χ2v) is 11.9. The van der Waals surface area contributed by atoms with Crippen molar-refractivity contribution in [2.45, 2.75) is 62.9 Å². The van der Waals surface area contributed by atoms with Crippen LogP contribution in [0.5, 0.6) is 5.75 Å². The minimum Gasteiger partial charge on any atom is -0.510 e. The van der Waals surface area contributed by atoms with E-state index in [4.69, 9.17) is 5.73 Å². The molecule has 5 rings (SSSR count). The highest BCUT2D eigenvalue weighted by molar-refractivity contribution is 6.24. The van der Waals surface area contributed by atoms with Crippen LogP contribution in [0.15, 0.2) is 28.7 Å². The van der Waals surface area contributed by atoms with E-state index in [-0.39, 0.29) is 12.0 Å². The summed E-state index contributed by atoms with van der Waals surface area (Å²) in [6, 6.07) is -0.882. The Morgan fingerprint density at radius 2 is 1.88 bits per heavy atom. The Balaban J connectivity index is 1.73. The number of phenolic OH excluding ortho intramolecular Hbond substituents is 1. The summed E-state index contributed by atoms with van der Waals surface area (Å²) in [6.07, 6.45) is -3.76. The minimum atomic E-state index is -4.88. The lowest BCUT2D eigenvalue weighted by atomic mass is 9.58. The highest BCUT2D eigenvalue weighted by atomic mass is 19.4. The number of primary amides is 1. The maximum Gasteiger partial charge on any atom is 0.417 e. The molecule has 42 heavy (non-hydrogen) atoms. The van der Waals surface area contributed by atoms with Crippen molar-refractivity contribution in [3.05, 3.63) is 51.0 Å². The number of fused-ring (bicyclic) bond motifs is 3. The molecule has 1 fully saturated rings. The molecule has 0 aromatic heterocycles. The lowest BCUT2D eigenvalue weighted by Crippen LogP contribution is -2.63. The smallest absolute Gasteiger partial charge is 0.417 e. The van der Waals surface area contributed by atoms with Gasteiger partial charge in [-0.15, -0.1) is 0 Å². The molecule has 1 unspecified atom stereocenters. The van der Waals surface area contributed by atoms with Gasteiger partial charge in [0, 0.05) is 17.5 Å². The molecule has 0 radical (unpaired) electrons. The summed E-state index contributed by atoms with van der Waals surface area (Å²) in [4.78, 5) is 42.6. The maximum atomic E-state index is 14.8. The topological polar surface area (TPSA) is 165 Å². The van der Waals surface area contributed by atoms with Gasteiger partial charge in [0.2, 0.25) is 5.78 Å². The lowest BCUT2D eigenvalue weighted by molar-refractivity contribution is -0.148. The number of carbonyl (C=O) groups is 3. The molecule has 228 valence electrons. The second-order valence-electron chi connectivity index (χ2n) is 11.9. The van der Waals surface area contributed by atoms with Gasteiger partial charge < -0.3 is 26.2 Å². The van der Waals surface area contributed by atoms with Crippen molar-refractivity contribution in [2.24, 2.45) is 17.6 Å². The molecule has 0 spiro atoms. The van der Waals surface area contributed by atoms with E-state index in [9.17, 15) is 48.0 Å². The molecule has 3 aliphatic carbocycles. The predicted octanol–water partition coefficient (Wildman–Crippen LogP) is 2.69. The molecule has 10 nitrogen and oxygen atoms in total. The first-order chi connectivity index (χ1) is 19.6. The molecule has 5 atom stereocenters. The summed E-state index contributed by atoms with van der Waals surface area (Å²) in [7, 11) is 2.95. The van der Waals surface area contributed by atoms with Gasteiger partial charge in [0.15, 0.2) is 11.4 Å². The maximum absolute atomic E-state index is 14.8. The van der Waals surface area contributed by atoms with Gasteiger partial charge in [-0.25, -0.2) is 0 Å². The largest absolute Gasteiger partial charge is 0.510 e. The van der Waals surface area contributed by atoms with Crippen LogP contribution in [-0.2, 0) is 22.2 Å². The molecule has 1 aromatic rings. The number of Topliss-reactive ketones (excluding diaryl/α,β-unsaturated/α-hetero) is 2. The van der Waals surface area contributed by atoms with Crippen LogP contribution in [0.3, 0.4) is 0 Å². The van der Waals surface area contributed by atoms with E-state index in [0.29, 0.717) is 25.9 Å². The zero-order valence-electron chi connectivity index (χ0n) is 23.5. The third-order valence-electron chi connectivity index (χ3n) is 9.27. The third kappa shape index (κ3) is 4.15. The molecule has 0 bridgehead atoms. The lowest BCUT2D eigenvalue weighted by Gasteiger charge is -2.50. The van der Waals surface area contributed by atoms with Crippen molar-refractivity contribution in [3.63, 3.8) is 0 Å². The molecule has 1 amide bonds. The number of nitrogens with zero attached hydrogens (tertiary/aromatic N) is 2. The molecule has 13 heteroatoms. The van der Waals surface area contributed by atoms with Gasteiger partial charge in [-0.2, -0.15) is 13.2 Å². The van der Waals surface area contributed by atoms with Gasteiger partial charge in [-0.3, -0.25) is 24.2 Å². The Labute approximate surface area is 239 Å². The van der Waals surface area contributed by atoms with Crippen LogP contribution < -0.4 is 5.73 Å². The fourth-order valence-electron chi connectivity index (χ4n) is 7.68. The zero-order valence-corrected chi connectivity index (χ0v) is 23.5. The van der Waals surface area contributed by atoms with Crippen LogP contribution in [0, 0.1) is 11.8 Å². The van der Waals surface area contributed by atoms with Crippen LogP contribution in [0.4, 0.5) is 13.2 Å². The molecule has 6 N–H and O–H groups in total. The van der Waals surface area contributed by atoms with E-state index in [0.717, 1.165) is 12.5 Å². The number of hydrogen-bond donors (Lipinski definition) is 5. The Morgan fingerprint density at radius 3 is 2.45 bits per heavy atom. The fraction of sp³-hybridized carbons (Fsp3) is 0.552. The number of hydrogen-bond acceptors (Lipinski definition) is 9. The molecule has 1 aliphatic heterocycles. The fourth-order valence-corrected chi connectivity index (χ4v) is 7.68. The van der Waals surface area contributed by atoms with Gasteiger partial charge in [-0.1, -0.05) is 6.92 Å². The van der Waals surface area contributed by atoms with E-state index in [1.165, 1.54) is 19.0 Å². The van der Waals surface area contributed by atoms with Crippen LogP contribution in [-0.4, -0.2) is 86.5 Å². The summed E-state index contributed by atoms with van der Waals surface area (Å²) >= 11 is 0. The van der Waals surface area contributed by atoms with E-state index in [2.05, 4.69) is 0 Å². The summed E-state index contributed by atoms with van der Waals surface area (Å²) in [6.45, 7) is 3.08. The second kappa shape index (κ2) is 10.1. The first kappa shape index (κ1) is 30.1. The average molecular weight is 594 g/mol. The summed E-state index contributed by atoms with van der Waals surface area (Å²) in [5.41, 5.74) is -1.17. The van der Waals surface area contributed by atoms with Gasteiger partial charge in [-0.05, 0) is 82.4 Å². The summed E-state index contributed by atoms with van der Waals surface area (Å²) in [5.74, 6) is -8.91. The first-order valence-corrected chi connectivity index (χ1v) is 13.9. The molecule has 4 aliphatic rings. The van der Waals surface area contributed by atoms with E-state index < -0.39 is 105 Å². The van der Waals surface area contributed by atoms with Crippen molar-refractivity contribution >= 4 is 17.5 Å². The number of likely N-dealkylation sites (N-methyl/N-ethyl adjacent to an activating group) is 1. The van der Waals surface area contributed by atoms with Crippen LogP contribution in [0.25, 0.3) is 0 Å². The highest BCUT2D eigenvalue weighted by Gasteiger charge is 2.63. The van der Waals surface area contributed by atoms with E-state index in [1.807, 2.05) is 11.8 Å². The molecule has 1 aromatic carbocycles. The van der Waals surface area contributed by atoms with Crippen molar-refractivity contribution in [2.75, 3.05) is 27.2 Å². The Bertz CT molecular complexity index is 1450. The quantitative estimate of drug-likeness (QED) is 0.323. The van der Waals surface area contributed by atoms with Crippen LogP contribution in [0.1, 0.15) is 65.7 Å². The molecule has 1 saturated heterocycles. The number of ketones is 2. The molecule has 0 saturated carbocycles. The van der Waals surface area contributed by atoms with Crippen molar-refractivity contribution < 1.29 is 48.0 Å². The third-order valence-corrected chi connectivity index (χ3v) is 9.27. The Kier molecular flexibility index (Phi) is 7.22. The minimum absolute atomic E-state index is 0.118. The summed E-state index contributed by atoms with van der Waals surface area (Å²) < 4.78 is 44.5. The number of benzene rings is 1. The van der Waals surface area contributed by atoms with Crippen molar-refractivity contribution in [1.82, 2.24) is 9.80 Å². The first-order valence-electron chi connectivity index (χ1n) is 13.9. The number of nitrogens with two attached hydrogens (primary N) is 1. The SMILES string of the molecule is CCCN1CCCC1c1cc(O)c2c(c1C(F)(F)F)C[C@H]1C[C@H]3[C@H](N(C)C)C(O)=C(C(N)=O)C(=O)[C@@]3(O)C(O)=C1C2=O. The number of halogens is 3. The van der Waals surface area contributed by atoms with Crippen LogP contribution in [0.2, 0.25) is 0 Å². The van der Waals surface area contributed by atoms with Gasteiger partial charge in [0.05, 0.1) is 17.2 Å². The highest BCUT2D eigenvalue weighted by Crippen LogP contribution is 2.54. The van der Waals surface area contributed by atoms with Gasteiger partial charge >= 0.3 is 6.18 Å².